The molecule has 1 aliphatic rings. The van der Waals surface area contributed by atoms with Crippen LogP contribution in [0.15, 0.2) is 53.6 Å². The first-order valence-corrected chi connectivity index (χ1v) is 10.8. The van der Waals surface area contributed by atoms with Crippen molar-refractivity contribution in [3.8, 4) is 0 Å². The average Bonchev–Trinajstić information content (AvgIpc) is 3.37. The van der Waals surface area contributed by atoms with Crippen LogP contribution in [0.25, 0.3) is 16.7 Å². The first kappa shape index (κ1) is 19.1. The van der Waals surface area contributed by atoms with E-state index in [1.807, 2.05) is 45.6 Å². The van der Waals surface area contributed by atoms with Crippen LogP contribution < -0.4 is 5.56 Å². The van der Waals surface area contributed by atoms with Gasteiger partial charge in [-0.2, -0.15) is 0 Å². The molecule has 30 heavy (non-hydrogen) atoms. The monoisotopic (exact) mass is 420 g/mol. The molecular weight excluding hydrogens is 396 g/mol. The highest BCUT2D eigenvalue weighted by Crippen LogP contribution is 2.31. The Morgan fingerprint density at radius 2 is 2.07 bits per heavy atom. The molecule has 0 bridgehead atoms. The number of nitrogens with zero attached hydrogens (tertiary/aromatic N) is 6. The van der Waals surface area contributed by atoms with Gasteiger partial charge < -0.3 is 0 Å². The average molecular weight is 421 g/mol. The summed E-state index contributed by atoms with van der Waals surface area (Å²) >= 11 is 5.84. The Morgan fingerprint density at radius 3 is 2.87 bits per heavy atom. The number of para-hydroxylation sites is 1. The fraction of sp³-hybridized carbons (Fsp3) is 0.364. The van der Waals surface area contributed by atoms with E-state index >= 15 is 0 Å². The van der Waals surface area contributed by atoms with Gasteiger partial charge >= 0.3 is 0 Å². The molecule has 154 valence electrons. The molecule has 0 aliphatic carbocycles. The zero-order valence-corrected chi connectivity index (χ0v) is 17.8. The van der Waals surface area contributed by atoms with E-state index in [0.717, 1.165) is 31.3 Å². The quantitative estimate of drug-likeness (QED) is 0.460. The molecule has 7 nitrogen and oxygen atoms in total. The van der Waals surface area contributed by atoms with E-state index in [1.165, 1.54) is 5.56 Å². The molecule has 1 fully saturated rings. The van der Waals surface area contributed by atoms with Crippen molar-refractivity contribution in [2.75, 3.05) is 6.54 Å². The summed E-state index contributed by atoms with van der Waals surface area (Å²) in [5, 5.41) is 5.48. The summed E-state index contributed by atoms with van der Waals surface area (Å²) in [5.74, 6) is 0.614. The minimum atomic E-state index is -0.0125. The van der Waals surface area contributed by atoms with Crippen LogP contribution in [-0.4, -0.2) is 35.2 Å². The van der Waals surface area contributed by atoms with E-state index in [2.05, 4.69) is 22.9 Å². The number of hydrogen-bond donors (Lipinski definition) is 0. The van der Waals surface area contributed by atoms with Crippen LogP contribution in [0.1, 0.15) is 37.8 Å². The van der Waals surface area contributed by atoms with E-state index in [9.17, 15) is 4.79 Å². The molecule has 3 aromatic heterocycles. The normalized spacial score (nSPS) is 17.3. The first-order chi connectivity index (χ1) is 14.7. The number of rotatable bonds is 5. The van der Waals surface area contributed by atoms with Gasteiger partial charge in [0.1, 0.15) is 0 Å². The van der Waals surface area contributed by atoms with Crippen LogP contribution in [0.2, 0.25) is 0 Å². The lowest BCUT2D eigenvalue weighted by Crippen LogP contribution is -2.27. The second kappa shape index (κ2) is 7.77. The Balaban J connectivity index is 1.63. The lowest BCUT2D eigenvalue weighted by molar-refractivity contribution is 0.190. The van der Waals surface area contributed by atoms with Gasteiger partial charge in [-0.05, 0) is 55.2 Å². The van der Waals surface area contributed by atoms with Crippen molar-refractivity contribution in [1.82, 2.24) is 28.6 Å². The molecule has 0 saturated carbocycles. The molecule has 1 saturated heterocycles. The summed E-state index contributed by atoms with van der Waals surface area (Å²) in [7, 11) is 0. The third-order valence-corrected chi connectivity index (χ3v) is 6.27. The van der Waals surface area contributed by atoms with Crippen molar-refractivity contribution >= 4 is 28.9 Å². The number of aromatic nitrogens is 5. The zero-order valence-electron chi connectivity index (χ0n) is 16.9. The van der Waals surface area contributed by atoms with Gasteiger partial charge in [-0.15, -0.1) is 5.10 Å². The van der Waals surface area contributed by atoms with Gasteiger partial charge in [-0.1, -0.05) is 25.1 Å². The van der Waals surface area contributed by atoms with E-state index in [-0.39, 0.29) is 5.56 Å². The molecule has 0 amide bonds. The van der Waals surface area contributed by atoms with Crippen LogP contribution in [0.4, 0.5) is 0 Å². The van der Waals surface area contributed by atoms with Gasteiger partial charge in [-0.25, -0.2) is 4.68 Å². The molecule has 0 N–H and O–H groups in total. The molecule has 1 aromatic carbocycles. The maximum absolute atomic E-state index is 13.1. The van der Waals surface area contributed by atoms with Gasteiger partial charge in [-0.3, -0.25) is 23.6 Å². The molecule has 5 rings (SSSR count). The first-order valence-electron chi connectivity index (χ1n) is 10.4. The van der Waals surface area contributed by atoms with Crippen LogP contribution in [-0.2, 0) is 13.2 Å². The Bertz CT molecular complexity index is 1320. The fourth-order valence-electron chi connectivity index (χ4n) is 4.50. The van der Waals surface area contributed by atoms with Gasteiger partial charge in [0.15, 0.2) is 0 Å². The maximum Gasteiger partial charge on any atom is 0.262 e. The van der Waals surface area contributed by atoms with Gasteiger partial charge in [0.25, 0.3) is 5.56 Å². The fourth-order valence-corrected chi connectivity index (χ4v) is 4.78. The minimum absolute atomic E-state index is 0.0125. The molecule has 1 atom stereocenters. The lowest BCUT2D eigenvalue weighted by atomic mass is 10.1. The Hall–Kier alpha value is -2.84. The minimum Gasteiger partial charge on any atom is -0.277 e. The molecule has 0 spiro atoms. The topological polar surface area (TPSA) is 60.4 Å². The highest BCUT2D eigenvalue weighted by Gasteiger charge is 2.27. The molecule has 4 aromatic rings. The van der Waals surface area contributed by atoms with Gasteiger partial charge in [0.05, 0.1) is 17.6 Å². The summed E-state index contributed by atoms with van der Waals surface area (Å²) in [6.07, 6.45) is 6.82. The number of likely N-dealkylation sites (tertiary alicyclic amines) is 1. The summed E-state index contributed by atoms with van der Waals surface area (Å²) in [6.45, 7) is 4.25. The Kier molecular flexibility index (Phi) is 4.96. The highest BCUT2D eigenvalue weighted by atomic mass is 32.1. The van der Waals surface area contributed by atoms with Crippen molar-refractivity contribution in [2.24, 2.45) is 0 Å². The number of aryl methyl sites for hydroxylation is 1. The van der Waals surface area contributed by atoms with Gasteiger partial charge in [0, 0.05) is 31.5 Å². The van der Waals surface area contributed by atoms with E-state index in [4.69, 9.17) is 17.3 Å². The number of hydrogen-bond acceptors (Lipinski definition) is 5. The summed E-state index contributed by atoms with van der Waals surface area (Å²) < 4.78 is 6.16. The lowest BCUT2D eigenvalue weighted by Gasteiger charge is -2.24. The van der Waals surface area contributed by atoms with Gasteiger partial charge in [0.2, 0.25) is 10.5 Å². The third kappa shape index (κ3) is 3.07. The summed E-state index contributed by atoms with van der Waals surface area (Å²) in [4.78, 5) is 19.8. The second-order valence-electron chi connectivity index (χ2n) is 7.79. The van der Waals surface area contributed by atoms with Crippen molar-refractivity contribution in [1.29, 1.82) is 0 Å². The second-order valence-corrected chi connectivity index (χ2v) is 8.15. The molecular formula is C22H24N6OS. The van der Waals surface area contributed by atoms with Crippen LogP contribution >= 0.6 is 12.2 Å². The van der Waals surface area contributed by atoms with Crippen LogP contribution in [0, 0.1) is 4.77 Å². The van der Waals surface area contributed by atoms with Crippen LogP contribution in [0.3, 0.4) is 0 Å². The molecule has 4 heterocycles. The molecule has 8 heteroatoms. The number of pyridine rings is 1. The summed E-state index contributed by atoms with van der Waals surface area (Å²) in [5.41, 5.74) is 2.02. The van der Waals surface area contributed by atoms with Crippen molar-refractivity contribution in [2.45, 2.75) is 45.4 Å². The van der Waals surface area contributed by atoms with Crippen molar-refractivity contribution in [3.63, 3.8) is 0 Å². The number of benzene rings is 1. The third-order valence-electron chi connectivity index (χ3n) is 5.88. The van der Waals surface area contributed by atoms with Crippen LogP contribution in [0.5, 0.6) is 0 Å². The van der Waals surface area contributed by atoms with E-state index in [0.29, 0.717) is 35.2 Å². The van der Waals surface area contributed by atoms with E-state index < -0.39 is 0 Å². The largest absolute Gasteiger partial charge is 0.277 e. The predicted octanol–water partition coefficient (Wildman–Crippen LogP) is 3.78. The van der Waals surface area contributed by atoms with Crippen molar-refractivity contribution < 1.29 is 0 Å². The molecule has 0 radical (unpaired) electrons. The molecule has 1 unspecified atom stereocenters. The maximum atomic E-state index is 13.1. The smallest absolute Gasteiger partial charge is 0.262 e. The zero-order chi connectivity index (χ0) is 20.7. The Labute approximate surface area is 179 Å². The van der Waals surface area contributed by atoms with E-state index in [1.54, 1.807) is 10.8 Å². The Morgan fingerprint density at radius 1 is 1.20 bits per heavy atom. The number of fused-ring (bicyclic) bond motifs is 3. The van der Waals surface area contributed by atoms with Crippen molar-refractivity contribution in [3.05, 3.63) is 69.5 Å². The SMILES string of the molecule is CCCn1c(=O)c2ccccc2n2c(=S)n(CN3CCCC3c3cccnc3)nc12. The molecule has 1 aliphatic heterocycles. The highest BCUT2D eigenvalue weighted by molar-refractivity contribution is 7.71. The summed E-state index contributed by atoms with van der Waals surface area (Å²) in [6, 6.07) is 12.0. The predicted molar refractivity (Wildman–Crippen MR) is 119 cm³/mol. The standard InChI is InChI=1S/C22H24N6OS/c1-2-12-26-20(29)17-8-3-4-9-19(17)28-21(26)24-27(22(28)30)15-25-13-6-10-18(25)16-7-5-11-23-14-16/h3-5,7-9,11,14,18H,2,6,10,12-13,15H2,1H3.